The largest absolute Gasteiger partial charge is 0.479 e. The first-order valence-electron chi connectivity index (χ1n) is 8.44. The first-order chi connectivity index (χ1) is 11.8. The summed E-state index contributed by atoms with van der Waals surface area (Å²) < 4.78 is 1.76. The molecule has 0 spiro atoms. The third-order valence-electron chi connectivity index (χ3n) is 5.17. The average Bonchev–Trinajstić information content (AvgIpc) is 2.84. The number of aromatic nitrogens is 2. The third-order valence-corrected chi connectivity index (χ3v) is 5.17. The zero-order chi connectivity index (χ0) is 18.3. The Kier molecular flexibility index (Phi) is 4.37. The van der Waals surface area contributed by atoms with E-state index in [-0.39, 0.29) is 5.91 Å². The minimum atomic E-state index is -0.993. The number of carbonyl (C=O) groups is 2. The molecule has 1 aliphatic rings. The van der Waals surface area contributed by atoms with E-state index >= 15 is 0 Å². The molecule has 25 heavy (non-hydrogen) atoms. The van der Waals surface area contributed by atoms with Crippen molar-refractivity contribution in [3.63, 3.8) is 0 Å². The van der Waals surface area contributed by atoms with Crippen molar-refractivity contribution >= 4 is 11.9 Å². The SMILES string of the molecule is Cc1nn(C)c(C)c1C(C)C(=O)N1CCc2ccccc2C1C(=O)O. The van der Waals surface area contributed by atoms with Crippen LogP contribution < -0.4 is 0 Å². The minimum Gasteiger partial charge on any atom is -0.479 e. The summed E-state index contributed by atoms with van der Waals surface area (Å²) in [6.45, 7) is 6.06. The molecule has 2 atom stereocenters. The predicted octanol–water partition coefficient (Wildman–Crippen LogP) is 2.35. The van der Waals surface area contributed by atoms with E-state index < -0.39 is 17.9 Å². The van der Waals surface area contributed by atoms with Crippen LogP contribution in [0.5, 0.6) is 0 Å². The second-order valence-electron chi connectivity index (χ2n) is 6.65. The van der Waals surface area contributed by atoms with Crippen molar-refractivity contribution in [1.29, 1.82) is 0 Å². The van der Waals surface area contributed by atoms with Crippen molar-refractivity contribution in [3.05, 3.63) is 52.3 Å². The molecule has 1 N–H and O–H groups in total. The summed E-state index contributed by atoms with van der Waals surface area (Å²) in [6, 6.07) is 6.53. The van der Waals surface area contributed by atoms with Crippen LogP contribution in [0.2, 0.25) is 0 Å². The molecule has 0 fully saturated rings. The van der Waals surface area contributed by atoms with Gasteiger partial charge in [0.2, 0.25) is 5.91 Å². The topological polar surface area (TPSA) is 75.4 Å². The molecule has 0 bridgehead atoms. The first-order valence-corrected chi connectivity index (χ1v) is 8.44. The van der Waals surface area contributed by atoms with Gasteiger partial charge in [-0.25, -0.2) is 4.79 Å². The number of carboxylic acids is 1. The summed E-state index contributed by atoms with van der Waals surface area (Å²) in [4.78, 5) is 26.6. The molecule has 6 nitrogen and oxygen atoms in total. The molecule has 132 valence electrons. The van der Waals surface area contributed by atoms with Crippen LogP contribution in [-0.2, 0) is 23.1 Å². The zero-order valence-electron chi connectivity index (χ0n) is 15.0. The van der Waals surface area contributed by atoms with Gasteiger partial charge in [0, 0.05) is 24.8 Å². The molecule has 0 aliphatic carbocycles. The number of aliphatic carboxylic acids is 1. The van der Waals surface area contributed by atoms with E-state index in [1.165, 1.54) is 4.90 Å². The number of fused-ring (bicyclic) bond motifs is 1. The van der Waals surface area contributed by atoms with Gasteiger partial charge in [0.1, 0.15) is 0 Å². The Hall–Kier alpha value is -2.63. The number of aryl methyl sites for hydroxylation is 2. The third kappa shape index (κ3) is 2.81. The van der Waals surface area contributed by atoms with Crippen molar-refractivity contribution in [2.45, 2.75) is 39.2 Å². The maximum absolute atomic E-state index is 13.2. The molecule has 1 aromatic carbocycles. The van der Waals surface area contributed by atoms with E-state index in [2.05, 4.69) is 5.10 Å². The van der Waals surface area contributed by atoms with Crippen LogP contribution in [-0.4, -0.2) is 38.2 Å². The van der Waals surface area contributed by atoms with Gasteiger partial charge in [0.15, 0.2) is 6.04 Å². The molecular formula is C19H23N3O3. The lowest BCUT2D eigenvalue weighted by molar-refractivity contribution is -0.151. The highest BCUT2D eigenvalue weighted by Gasteiger charge is 2.38. The van der Waals surface area contributed by atoms with Gasteiger partial charge in [-0.3, -0.25) is 9.48 Å². The fourth-order valence-corrected chi connectivity index (χ4v) is 3.86. The van der Waals surface area contributed by atoms with Crippen LogP contribution >= 0.6 is 0 Å². The molecule has 2 heterocycles. The molecule has 3 rings (SSSR count). The molecule has 1 aliphatic heterocycles. The highest BCUT2D eigenvalue weighted by atomic mass is 16.4. The number of hydrogen-bond donors (Lipinski definition) is 1. The van der Waals surface area contributed by atoms with Crippen LogP contribution in [0, 0.1) is 13.8 Å². The normalized spacial score (nSPS) is 17.9. The highest BCUT2D eigenvalue weighted by molar-refractivity contribution is 5.89. The van der Waals surface area contributed by atoms with Crippen molar-refractivity contribution in [2.24, 2.45) is 7.05 Å². The number of hydrogen-bond acceptors (Lipinski definition) is 3. The predicted molar refractivity (Wildman–Crippen MR) is 93.3 cm³/mol. The van der Waals surface area contributed by atoms with Gasteiger partial charge in [0.25, 0.3) is 0 Å². The van der Waals surface area contributed by atoms with Gasteiger partial charge in [-0.05, 0) is 38.3 Å². The van der Waals surface area contributed by atoms with Gasteiger partial charge in [-0.2, -0.15) is 5.10 Å². The number of amides is 1. The van der Waals surface area contributed by atoms with Crippen molar-refractivity contribution < 1.29 is 14.7 Å². The molecule has 0 radical (unpaired) electrons. The minimum absolute atomic E-state index is 0.166. The Labute approximate surface area is 147 Å². The second-order valence-corrected chi connectivity index (χ2v) is 6.65. The summed E-state index contributed by atoms with van der Waals surface area (Å²) in [5.74, 6) is -1.59. The highest BCUT2D eigenvalue weighted by Crippen LogP contribution is 2.33. The number of rotatable bonds is 3. The van der Waals surface area contributed by atoms with E-state index in [1.54, 1.807) is 10.7 Å². The van der Waals surface area contributed by atoms with E-state index in [9.17, 15) is 14.7 Å². The van der Waals surface area contributed by atoms with Crippen LogP contribution in [0.15, 0.2) is 24.3 Å². The summed E-state index contributed by atoms with van der Waals surface area (Å²) >= 11 is 0. The summed E-state index contributed by atoms with van der Waals surface area (Å²) in [5.41, 5.74) is 4.34. The van der Waals surface area contributed by atoms with Crippen LogP contribution in [0.4, 0.5) is 0 Å². The Balaban J connectivity index is 1.97. The van der Waals surface area contributed by atoms with Gasteiger partial charge in [-0.1, -0.05) is 24.3 Å². The Morgan fingerprint density at radius 2 is 1.96 bits per heavy atom. The lowest BCUT2D eigenvalue weighted by Gasteiger charge is -2.36. The molecule has 0 saturated heterocycles. The fraction of sp³-hybridized carbons (Fsp3) is 0.421. The van der Waals surface area contributed by atoms with Gasteiger partial charge >= 0.3 is 5.97 Å². The van der Waals surface area contributed by atoms with Crippen LogP contribution in [0.1, 0.15) is 47.0 Å². The Bertz CT molecular complexity index is 840. The summed E-state index contributed by atoms with van der Waals surface area (Å²) in [5, 5.41) is 14.1. The van der Waals surface area contributed by atoms with E-state index in [4.69, 9.17) is 0 Å². The maximum Gasteiger partial charge on any atom is 0.331 e. The van der Waals surface area contributed by atoms with E-state index in [0.717, 1.165) is 22.5 Å². The lowest BCUT2D eigenvalue weighted by Crippen LogP contribution is -2.45. The Morgan fingerprint density at radius 1 is 1.28 bits per heavy atom. The van der Waals surface area contributed by atoms with E-state index in [0.29, 0.717) is 18.5 Å². The van der Waals surface area contributed by atoms with Gasteiger partial charge in [0.05, 0.1) is 11.6 Å². The molecule has 0 saturated carbocycles. The van der Waals surface area contributed by atoms with E-state index in [1.807, 2.05) is 46.0 Å². The van der Waals surface area contributed by atoms with Crippen molar-refractivity contribution in [3.8, 4) is 0 Å². The van der Waals surface area contributed by atoms with Gasteiger partial charge < -0.3 is 10.0 Å². The standard InChI is InChI=1S/C19H23N3O3/c1-11(16-12(2)20-21(4)13(16)3)18(23)22-10-9-14-7-5-6-8-15(14)17(22)19(24)25/h5-8,11,17H,9-10H2,1-4H3,(H,24,25). The first kappa shape index (κ1) is 17.2. The van der Waals surface area contributed by atoms with Crippen LogP contribution in [0.25, 0.3) is 0 Å². The maximum atomic E-state index is 13.2. The molecule has 1 aromatic heterocycles. The monoisotopic (exact) mass is 341 g/mol. The molecule has 2 unspecified atom stereocenters. The lowest BCUT2D eigenvalue weighted by atomic mass is 9.90. The number of carboxylic acid groups (broad SMARTS) is 1. The molecule has 2 aromatic rings. The molecule has 1 amide bonds. The second kappa shape index (κ2) is 6.35. The molecular weight excluding hydrogens is 318 g/mol. The number of benzene rings is 1. The van der Waals surface area contributed by atoms with Crippen molar-refractivity contribution in [2.75, 3.05) is 6.54 Å². The van der Waals surface area contributed by atoms with Crippen molar-refractivity contribution in [1.82, 2.24) is 14.7 Å². The number of carbonyl (C=O) groups excluding carboxylic acids is 1. The fourth-order valence-electron chi connectivity index (χ4n) is 3.86. The zero-order valence-corrected chi connectivity index (χ0v) is 15.0. The Morgan fingerprint density at radius 3 is 2.56 bits per heavy atom. The number of nitrogens with zero attached hydrogens (tertiary/aromatic N) is 3. The average molecular weight is 341 g/mol. The smallest absolute Gasteiger partial charge is 0.331 e. The van der Waals surface area contributed by atoms with Crippen LogP contribution in [0.3, 0.4) is 0 Å². The van der Waals surface area contributed by atoms with Gasteiger partial charge in [-0.15, -0.1) is 0 Å². The molecule has 6 heteroatoms. The quantitative estimate of drug-likeness (QED) is 0.930. The summed E-state index contributed by atoms with van der Waals surface area (Å²) in [6.07, 6.45) is 0.670. The summed E-state index contributed by atoms with van der Waals surface area (Å²) in [7, 11) is 1.85.